The molecule has 1 fully saturated rings. The second kappa shape index (κ2) is 6.83. The van der Waals surface area contributed by atoms with Crippen LogP contribution in [0.2, 0.25) is 0 Å². The van der Waals surface area contributed by atoms with Gasteiger partial charge in [-0.2, -0.15) is 8.61 Å². The highest BCUT2D eigenvalue weighted by molar-refractivity contribution is 7.89. The summed E-state index contributed by atoms with van der Waals surface area (Å²) in [6.07, 6.45) is 0. The zero-order valence-corrected chi connectivity index (χ0v) is 14.9. The van der Waals surface area contributed by atoms with Crippen LogP contribution in [0.1, 0.15) is 0 Å². The molecule has 1 aliphatic rings. The first-order chi connectivity index (χ1) is 11.8. The summed E-state index contributed by atoms with van der Waals surface area (Å²) in [5.74, 6) is -0.633. The molecule has 0 N–H and O–H groups in total. The van der Waals surface area contributed by atoms with E-state index in [9.17, 15) is 21.2 Å². The molecule has 3 rings (SSSR count). The standard InChI is InChI=1S/C16H17FN2O4S2/c17-14-5-4-8-16(13-14)25(22,23)19-11-9-18(10-12-19)24(20,21)15-6-2-1-3-7-15/h1-8,13H,9-12H2. The molecule has 0 spiro atoms. The summed E-state index contributed by atoms with van der Waals surface area (Å²) in [7, 11) is -7.50. The van der Waals surface area contributed by atoms with Crippen molar-refractivity contribution in [2.24, 2.45) is 0 Å². The second-order valence-electron chi connectivity index (χ2n) is 5.58. The Morgan fingerprint density at radius 1 is 0.680 bits per heavy atom. The number of hydrogen-bond donors (Lipinski definition) is 0. The Labute approximate surface area is 146 Å². The summed E-state index contributed by atoms with van der Waals surface area (Å²) in [4.78, 5) is 0.0447. The molecular weight excluding hydrogens is 367 g/mol. The fourth-order valence-corrected chi connectivity index (χ4v) is 5.57. The van der Waals surface area contributed by atoms with E-state index in [1.54, 1.807) is 18.2 Å². The van der Waals surface area contributed by atoms with E-state index in [0.29, 0.717) is 0 Å². The summed E-state index contributed by atoms with van der Waals surface area (Å²) in [5, 5.41) is 0. The van der Waals surface area contributed by atoms with E-state index in [1.165, 1.54) is 38.9 Å². The number of halogens is 1. The van der Waals surface area contributed by atoms with Crippen LogP contribution in [-0.2, 0) is 20.0 Å². The van der Waals surface area contributed by atoms with Gasteiger partial charge in [0, 0.05) is 26.2 Å². The maximum absolute atomic E-state index is 13.3. The van der Waals surface area contributed by atoms with Crippen molar-refractivity contribution in [1.82, 2.24) is 8.61 Å². The fraction of sp³-hybridized carbons (Fsp3) is 0.250. The van der Waals surface area contributed by atoms with Gasteiger partial charge in [0.05, 0.1) is 9.79 Å². The first-order valence-electron chi connectivity index (χ1n) is 7.63. The van der Waals surface area contributed by atoms with Gasteiger partial charge in [-0.25, -0.2) is 21.2 Å². The summed E-state index contributed by atoms with van der Waals surface area (Å²) in [6.45, 7) is 0.132. The SMILES string of the molecule is O=S(=O)(c1ccccc1)N1CCN(S(=O)(=O)c2cccc(F)c2)CC1. The Hall–Kier alpha value is -1.81. The number of benzene rings is 2. The second-order valence-corrected chi connectivity index (χ2v) is 9.45. The van der Waals surface area contributed by atoms with Crippen LogP contribution in [0.25, 0.3) is 0 Å². The molecule has 9 heteroatoms. The Morgan fingerprint density at radius 3 is 1.68 bits per heavy atom. The van der Waals surface area contributed by atoms with E-state index in [0.717, 1.165) is 6.07 Å². The average molecular weight is 384 g/mol. The lowest BCUT2D eigenvalue weighted by Crippen LogP contribution is -2.50. The van der Waals surface area contributed by atoms with Crippen LogP contribution in [0, 0.1) is 5.82 Å². The van der Waals surface area contributed by atoms with Crippen molar-refractivity contribution in [1.29, 1.82) is 0 Å². The molecular formula is C16H17FN2O4S2. The molecule has 0 amide bonds. The zero-order valence-electron chi connectivity index (χ0n) is 13.2. The molecule has 0 radical (unpaired) electrons. The molecule has 1 saturated heterocycles. The largest absolute Gasteiger partial charge is 0.243 e. The Kier molecular flexibility index (Phi) is 4.92. The topological polar surface area (TPSA) is 74.8 Å². The first-order valence-corrected chi connectivity index (χ1v) is 10.5. The molecule has 0 unspecified atom stereocenters. The average Bonchev–Trinajstić information content (AvgIpc) is 2.62. The maximum Gasteiger partial charge on any atom is 0.243 e. The minimum absolute atomic E-state index is 0.0188. The van der Waals surface area contributed by atoms with Gasteiger partial charge in [-0.15, -0.1) is 0 Å². The van der Waals surface area contributed by atoms with Crippen molar-refractivity contribution in [3.63, 3.8) is 0 Å². The summed E-state index contributed by atoms with van der Waals surface area (Å²) < 4.78 is 66.0. The quantitative estimate of drug-likeness (QED) is 0.801. The molecule has 25 heavy (non-hydrogen) atoms. The molecule has 1 aliphatic heterocycles. The highest BCUT2D eigenvalue weighted by atomic mass is 32.2. The van der Waals surface area contributed by atoms with Gasteiger partial charge in [0.15, 0.2) is 0 Å². The number of sulfonamides is 2. The number of piperazine rings is 1. The van der Waals surface area contributed by atoms with Gasteiger partial charge in [-0.1, -0.05) is 24.3 Å². The van der Waals surface area contributed by atoms with Gasteiger partial charge >= 0.3 is 0 Å². The van der Waals surface area contributed by atoms with E-state index in [4.69, 9.17) is 0 Å². The van der Waals surface area contributed by atoms with Gasteiger partial charge in [-0.05, 0) is 30.3 Å². The van der Waals surface area contributed by atoms with Gasteiger partial charge in [0.1, 0.15) is 5.82 Å². The van der Waals surface area contributed by atoms with Crippen molar-refractivity contribution < 1.29 is 21.2 Å². The van der Waals surface area contributed by atoms with Crippen LogP contribution < -0.4 is 0 Å². The molecule has 0 aliphatic carbocycles. The van der Waals surface area contributed by atoms with Gasteiger partial charge in [0.25, 0.3) is 0 Å². The van der Waals surface area contributed by atoms with Crippen LogP contribution in [0.3, 0.4) is 0 Å². The molecule has 2 aromatic rings. The molecule has 6 nitrogen and oxygen atoms in total. The van der Waals surface area contributed by atoms with E-state index < -0.39 is 25.9 Å². The molecule has 2 aromatic carbocycles. The van der Waals surface area contributed by atoms with E-state index >= 15 is 0 Å². The number of nitrogens with zero attached hydrogens (tertiary/aromatic N) is 2. The molecule has 1 heterocycles. The van der Waals surface area contributed by atoms with Crippen LogP contribution in [0.15, 0.2) is 64.4 Å². The maximum atomic E-state index is 13.3. The minimum Gasteiger partial charge on any atom is -0.207 e. The van der Waals surface area contributed by atoms with E-state index in [2.05, 4.69) is 0 Å². The normalized spacial score (nSPS) is 17.5. The van der Waals surface area contributed by atoms with Crippen molar-refractivity contribution in [2.45, 2.75) is 9.79 Å². The highest BCUT2D eigenvalue weighted by Gasteiger charge is 2.33. The zero-order chi connectivity index (χ0) is 18.1. The third kappa shape index (κ3) is 3.59. The molecule has 134 valence electrons. The molecule has 0 bridgehead atoms. The summed E-state index contributed by atoms with van der Waals surface area (Å²) >= 11 is 0. The van der Waals surface area contributed by atoms with Crippen molar-refractivity contribution in [3.8, 4) is 0 Å². The van der Waals surface area contributed by atoms with Crippen LogP contribution in [0.5, 0.6) is 0 Å². The lowest BCUT2D eigenvalue weighted by atomic mass is 10.4. The van der Waals surface area contributed by atoms with Crippen molar-refractivity contribution in [2.75, 3.05) is 26.2 Å². The van der Waals surface area contributed by atoms with Gasteiger partial charge < -0.3 is 0 Å². The lowest BCUT2D eigenvalue weighted by molar-refractivity contribution is 0.272. The van der Waals surface area contributed by atoms with Crippen molar-refractivity contribution in [3.05, 3.63) is 60.4 Å². The van der Waals surface area contributed by atoms with Gasteiger partial charge in [0.2, 0.25) is 20.0 Å². The monoisotopic (exact) mass is 384 g/mol. The minimum atomic E-state index is -3.85. The number of hydrogen-bond acceptors (Lipinski definition) is 4. The lowest BCUT2D eigenvalue weighted by Gasteiger charge is -2.33. The Morgan fingerprint density at radius 2 is 1.16 bits per heavy atom. The smallest absolute Gasteiger partial charge is 0.207 e. The third-order valence-corrected chi connectivity index (χ3v) is 7.82. The molecule has 0 atom stereocenters. The Bertz CT molecular complexity index is 955. The fourth-order valence-electron chi connectivity index (χ4n) is 2.67. The predicted molar refractivity (Wildman–Crippen MR) is 90.4 cm³/mol. The van der Waals surface area contributed by atoms with Crippen LogP contribution >= 0.6 is 0 Å². The highest BCUT2D eigenvalue weighted by Crippen LogP contribution is 2.22. The van der Waals surface area contributed by atoms with Gasteiger partial charge in [-0.3, -0.25) is 0 Å². The van der Waals surface area contributed by atoms with E-state index in [-0.39, 0.29) is 36.0 Å². The predicted octanol–water partition coefficient (Wildman–Crippen LogP) is 1.52. The molecule has 0 saturated carbocycles. The summed E-state index contributed by atoms with van der Waals surface area (Å²) in [6, 6.07) is 12.8. The van der Waals surface area contributed by atoms with Crippen molar-refractivity contribution >= 4 is 20.0 Å². The summed E-state index contributed by atoms with van der Waals surface area (Å²) in [5.41, 5.74) is 0. The molecule has 0 aromatic heterocycles. The Balaban J connectivity index is 1.76. The third-order valence-electron chi connectivity index (χ3n) is 4.01. The van der Waals surface area contributed by atoms with E-state index in [1.807, 2.05) is 0 Å². The number of rotatable bonds is 4. The van der Waals surface area contributed by atoms with Crippen LogP contribution in [0.4, 0.5) is 4.39 Å². The first kappa shape index (κ1) is 18.0. The van der Waals surface area contributed by atoms with Crippen LogP contribution in [-0.4, -0.2) is 51.6 Å².